The average molecular weight is 307 g/mol. The van der Waals surface area contributed by atoms with E-state index in [9.17, 15) is 4.79 Å². The zero-order valence-electron chi connectivity index (χ0n) is 12.7. The van der Waals surface area contributed by atoms with Crippen molar-refractivity contribution < 1.29 is 4.79 Å². The molecular weight excluding hydrogens is 284 g/mol. The molecule has 114 valence electrons. The van der Waals surface area contributed by atoms with E-state index in [4.69, 9.17) is 11.6 Å². The number of carbonyl (C=O) groups excluding carboxylic acids is 1. The van der Waals surface area contributed by atoms with Crippen molar-refractivity contribution >= 4 is 17.5 Å². The normalized spacial score (nSPS) is 33.5. The summed E-state index contributed by atoms with van der Waals surface area (Å²) in [5, 5.41) is 4.14. The van der Waals surface area contributed by atoms with Gasteiger partial charge in [0.25, 0.3) is 0 Å². The van der Waals surface area contributed by atoms with Crippen molar-refractivity contribution in [3.05, 3.63) is 34.9 Å². The fourth-order valence-corrected chi connectivity index (χ4v) is 3.78. The minimum Gasteiger partial charge on any atom is -0.319 e. The lowest BCUT2D eigenvalue weighted by atomic mass is 9.86. The molecule has 1 saturated carbocycles. The van der Waals surface area contributed by atoms with Crippen LogP contribution in [0.15, 0.2) is 24.3 Å². The summed E-state index contributed by atoms with van der Waals surface area (Å²) in [5.41, 5.74) is 1.08. The van der Waals surface area contributed by atoms with Crippen molar-refractivity contribution in [2.75, 3.05) is 0 Å². The molecule has 2 fully saturated rings. The molecule has 1 heterocycles. The summed E-state index contributed by atoms with van der Waals surface area (Å²) in [7, 11) is 0. The van der Waals surface area contributed by atoms with Gasteiger partial charge in [-0.25, -0.2) is 0 Å². The van der Waals surface area contributed by atoms with Crippen molar-refractivity contribution in [2.45, 2.75) is 57.8 Å². The van der Waals surface area contributed by atoms with Crippen LogP contribution in [0.1, 0.15) is 51.3 Å². The van der Waals surface area contributed by atoms with Crippen molar-refractivity contribution in [1.82, 2.24) is 10.2 Å². The van der Waals surface area contributed by atoms with Gasteiger partial charge in [0.1, 0.15) is 6.17 Å². The molecule has 0 spiro atoms. The Hall–Kier alpha value is -1.06. The largest absolute Gasteiger partial charge is 0.319 e. The van der Waals surface area contributed by atoms with Gasteiger partial charge in [-0.3, -0.25) is 10.1 Å². The number of benzene rings is 1. The summed E-state index contributed by atoms with van der Waals surface area (Å²) in [6.45, 7) is 4.25. The number of amides is 1. The van der Waals surface area contributed by atoms with Crippen LogP contribution in [-0.2, 0) is 4.79 Å². The summed E-state index contributed by atoms with van der Waals surface area (Å²) in [4.78, 5) is 14.7. The number of hydrogen-bond acceptors (Lipinski definition) is 2. The molecule has 2 atom stereocenters. The van der Waals surface area contributed by atoms with Crippen LogP contribution in [0.5, 0.6) is 0 Å². The van der Waals surface area contributed by atoms with Crippen LogP contribution in [0.2, 0.25) is 5.02 Å². The van der Waals surface area contributed by atoms with Crippen molar-refractivity contribution in [3.63, 3.8) is 0 Å². The van der Waals surface area contributed by atoms with Crippen LogP contribution in [0.25, 0.3) is 0 Å². The van der Waals surface area contributed by atoms with Crippen molar-refractivity contribution in [1.29, 1.82) is 0 Å². The van der Waals surface area contributed by atoms with Crippen LogP contribution < -0.4 is 5.32 Å². The second kappa shape index (κ2) is 5.98. The Bertz CT molecular complexity index is 525. The third-order valence-corrected chi connectivity index (χ3v) is 5.09. The first-order valence-electron chi connectivity index (χ1n) is 7.90. The highest BCUT2D eigenvalue weighted by molar-refractivity contribution is 6.30. The zero-order valence-corrected chi connectivity index (χ0v) is 13.4. The van der Waals surface area contributed by atoms with Gasteiger partial charge in [0.2, 0.25) is 5.91 Å². The Balaban J connectivity index is 1.86. The van der Waals surface area contributed by atoms with E-state index < -0.39 is 0 Å². The third kappa shape index (κ3) is 2.95. The highest BCUT2D eigenvalue weighted by Crippen LogP contribution is 2.35. The first kappa shape index (κ1) is 14.9. The average Bonchev–Trinajstić information content (AvgIpc) is 2.76. The molecule has 1 saturated heterocycles. The van der Waals surface area contributed by atoms with E-state index in [1.165, 1.54) is 12.8 Å². The molecule has 0 radical (unpaired) electrons. The number of carbonyl (C=O) groups is 1. The minimum atomic E-state index is -0.117. The molecule has 1 aromatic rings. The Morgan fingerprint density at radius 2 is 1.90 bits per heavy atom. The SMILES string of the molecule is CC1CCC(N2C(=O)C(C)NC2c2cccc(Cl)c2)CC1. The maximum atomic E-state index is 12.6. The highest BCUT2D eigenvalue weighted by atomic mass is 35.5. The maximum Gasteiger partial charge on any atom is 0.241 e. The molecular formula is C17H23ClN2O. The van der Waals surface area contributed by atoms with Crippen LogP contribution in [0.4, 0.5) is 0 Å². The Kier molecular flexibility index (Phi) is 4.23. The van der Waals surface area contributed by atoms with E-state index in [0.29, 0.717) is 6.04 Å². The number of halogens is 1. The molecule has 21 heavy (non-hydrogen) atoms. The molecule has 1 amide bonds. The molecule has 0 aromatic heterocycles. The van der Waals surface area contributed by atoms with E-state index in [2.05, 4.69) is 17.1 Å². The number of nitrogens with one attached hydrogen (secondary N) is 1. The zero-order chi connectivity index (χ0) is 15.0. The number of rotatable bonds is 2. The Morgan fingerprint density at radius 1 is 1.19 bits per heavy atom. The van der Waals surface area contributed by atoms with Crippen molar-refractivity contribution in [3.8, 4) is 0 Å². The lowest BCUT2D eigenvalue weighted by molar-refractivity contribution is -0.133. The summed E-state index contributed by atoms with van der Waals surface area (Å²) < 4.78 is 0. The topological polar surface area (TPSA) is 32.3 Å². The molecule has 2 aliphatic rings. The fraction of sp³-hybridized carbons (Fsp3) is 0.588. The maximum absolute atomic E-state index is 12.6. The summed E-state index contributed by atoms with van der Waals surface area (Å²) >= 11 is 6.12. The van der Waals surface area contributed by atoms with Crippen LogP contribution in [0.3, 0.4) is 0 Å². The monoisotopic (exact) mass is 306 g/mol. The second-order valence-corrected chi connectivity index (χ2v) is 6.94. The molecule has 1 aliphatic heterocycles. The second-order valence-electron chi connectivity index (χ2n) is 6.51. The standard InChI is InChI=1S/C17H23ClN2O/c1-11-6-8-15(9-7-11)20-16(19-12(2)17(20)21)13-4-3-5-14(18)10-13/h3-5,10-12,15-16,19H,6-9H2,1-2H3. The molecule has 3 nitrogen and oxygen atoms in total. The van der Waals surface area contributed by atoms with E-state index in [-0.39, 0.29) is 18.1 Å². The first-order valence-corrected chi connectivity index (χ1v) is 8.27. The molecule has 4 heteroatoms. The van der Waals surface area contributed by atoms with Crippen molar-refractivity contribution in [2.24, 2.45) is 5.92 Å². The quantitative estimate of drug-likeness (QED) is 0.903. The predicted octanol–water partition coefficient (Wildman–Crippen LogP) is 3.74. The van der Waals surface area contributed by atoms with Gasteiger partial charge in [0.05, 0.1) is 6.04 Å². The summed E-state index contributed by atoms with van der Waals surface area (Å²) in [5.74, 6) is 1.01. The first-order chi connectivity index (χ1) is 10.1. The van der Waals surface area contributed by atoms with Gasteiger partial charge < -0.3 is 4.90 Å². The highest BCUT2D eigenvalue weighted by Gasteiger charge is 2.41. The van der Waals surface area contributed by atoms with Gasteiger partial charge in [-0.05, 0) is 56.2 Å². The van der Waals surface area contributed by atoms with Crippen LogP contribution >= 0.6 is 11.6 Å². The van der Waals surface area contributed by atoms with E-state index >= 15 is 0 Å². The molecule has 1 aromatic carbocycles. The van der Waals surface area contributed by atoms with Gasteiger partial charge in [-0.1, -0.05) is 30.7 Å². The van der Waals surface area contributed by atoms with E-state index in [1.54, 1.807) is 0 Å². The van der Waals surface area contributed by atoms with Gasteiger partial charge >= 0.3 is 0 Å². The summed E-state index contributed by atoms with van der Waals surface area (Å²) in [6.07, 6.45) is 4.61. The lowest BCUT2D eigenvalue weighted by Crippen LogP contribution is -2.42. The van der Waals surface area contributed by atoms with Crippen LogP contribution in [-0.4, -0.2) is 22.9 Å². The number of nitrogens with zero attached hydrogens (tertiary/aromatic N) is 1. The van der Waals surface area contributed by atoms with Crippen LogP contribution in [0, 0.1) is 5.92 Å². The van der Waals surface area contributed by atoms with Gasteiger partial charge in [0, 0.05) is 11.1 Å². The molecule has 1 N–H and O–H groups in total. The van der Waals surface area contributed by atoms with Gasteiger partial charge in [-0.2, -0.15) is 0 Å². The number of hydrogen-bond donors (Lipinski definition) is 1. The van der Waals surface area contributed by atoms with E-state index in [0.717, 1.165) is 29.3 Å². The Labute approximate surface area is 131 Å². The molecule has 3 rings (SSSR count). The minimum absolute atomic E-state index is 0.0374. The smallest absolute Gasteiger partial charge is 0.241 e. The summed E-state index contributed by atoms with van der Waals surface area (Å²) in [6, 6.07) is 8.07. The molecule has 2 unspecified atom stereocenters. The molecule has 1 aliphatic carbocycles. The molecule has 0 bridgehead atoms. The van der Waals surface area contributed by atoms with Gasteiger partial charge in [0.15, 0.2) is 0 Å². The third-order valence-electron chi connectivity index (χ3n) is 4.85. The fourth-order valence-electron chi connectivity index (χ4n) is 3.58. The lowest BCUT2D eigenvalue weighted by Gasteiger charge is -2.37. The Morgan fingerprint density at radius 3 is 2.57 bits per heavy atom. The predicted molar refractivity (Wildman–Crippen MR) is 85.1 cm³/mol. The van der Waals surface area contributed by atoms with E-state index in [1.807, 2.05) is 31.2 Å². The van der Waals surface area contributed by atoms with Gasteiger partial charge in [-0.15, -0.1) is 0 Å².